The van der Waals surface area contributed by atoms with Crippen LogP contribution in [0, 0.1) is 0 Å². The maximum Gasteiger partial charge on any atom is 0.124 e. The molecule has 2 aromatic heterocycles. The van der Waals surface area contributed by atoms with Crippen LogP contribution in [0.2, 0.25) is 0 Å². The molecule has 0 radical (unpaired) electrons. The zero-order valence-electron chi connectivity index (χ0n) is 17.0. The predicted molar refractivity (Wildman–Crippen MR) is 127 cm³/mol. The van der Waals surface area contributed by atoms with Gasteiger partial charge in [-0.2, -0.15) is 10.9 Å². The molecule has 5 rings (SSSR count). The maximum atomic E-state index is 5.96. The smallest absolute Gasteiger partial charge is 0.124 e. The van der Waals surface area contributed by atoms with Crippen LogP contribution >= 0.6 is 22.2 Å². The lowest BCUT2D eigenvalue weighted by molar-refractivity contribution is 0.131. The van der Waals surface area contributed by atoms with Crippen molar-refractivity contribution in [1.29, 1.82) is 0 Å². The van der Waals surface area contributed by atoms with E-state index in [4.69, 9.17) is 10.7 Å². The number of fused-ring (bicyclic) bond motifs is 2. The van der Waals surface area contributed by atoms with Crippen LogP contribution in [0.5, 0.6) is 0 Å². The Kier molecular flexibility index (Phi) is 5.10. The largest absolute Gasteiger partial charge is 0.399 e. The van der Waals surface area contributed by atoms with Gasteiger partial charge in [0.2, 0.25) is 0 Å². The normalized spacial score (nSPS) is 25.5. The van der Waals surface area contributed by atoms with Gasteiger partial charge < -0.3 is 10.6 Å². The van der Waals surface area contributed by atoms with E-state index in [9.17, 15) is 0 Å². The number of likely N-dealkylation sites (N-methyl/N-ethyl adjacent to an activating group) is 1. The number of benzene rings is 1. The maximum absolute atomic E-state index is 5.96. The molecule has 0 saturated carbocycles. The lowest BCUT2D eigenvalue weighted by Crippen LogP contribution is -2.43. The van der Waals surface area contributed by atoms with E-state index < -0.39 is 10.9 Å². The summed E-state index contributed by atoms with van der Waals surface area (Å²) in [7, 11) is -0.590. The van der Waals surface area contributed by atoms with Gasteiger partial charge in [0.25, 0.3) is 0 Å². The van der Waals surface area contributed by atoms with E-state index in [1.54, 1.807) is 0 Å². The highest BCUT2D eigenvalue weighted by Crippen LogP contribution is 2.54. The summed E-state index contributed by atoms with van der Waals surface area (Å²) in [6.45, 7) is 7.01. The molecule has 0 aliphatic carbocycles. The van der Waals surface area contributed by atoms with Crippen LogP contribution in [0.15, 0.2) is 51.3 Å². The summed E-state index contributed by atoms with van der Waals surface area (Å²) in [5.41, 5.74) is 9.88. The number of nitrogens with two attached hydrogens (primary N) is 1. The van der Waals surface area contributed by atoms with Gasteiger partial charge >= 0.3 is 0 Å². The zero-order valence-corrected chi connectivity index (χ0v) is 18.7. The van der Waals surface area contributed by atoms with Crippen LogP contribution in [0.4, 0.5) is 11.4 Å². The van der Waals surface area contributed by atoms with Crippen molar-refractivity contribution < 1.29 is 0 Å². The molecule has 3 atom stereocenters. The van der Waals surface area contributed by atoms with E-state index in [1.165, 1.54) is 50.7 Å². The number of aromatic nitrogens is 1. The predicted octanol–water partition coefficient (Wildman–Crippen LogP) is 5.95. The van der Waals surface area contributed by atoms with Crippen molar-refractivity contribution in [2.24, 2.45) is 4.99 Å². The van der Waals surface area contributed by atoms with Crippen LogP contribution in [0.3, 0.4) is 0 Å². The van der Waals surface area contributed by atoms with Crippen molar-refractivity contribution in [3.8, 4) is 0 Å². The summed E-state index contributed by atoms with van der Waals surface area (Å²) < 4.78 is 0. The highest BCUT2D eigenvalue weighted by atomic mass is 32.2. The average molecular weight is 425 g/mol. The summed E-state index contributed by atoms with van der Waals surface area (Å²) >= 11 is 1.90. The Morgan fingerprint density at radius 1 is 1.21 bits per heavy atom. The highest BCUT2D eigenvalue weighted by Gasteiger charge is 2.32. The SMILES string of the molecule is CCC1C(c2cc3c([SH]4C=Nc5cc(N)ccc54)ccnc3s2)CCCN1CC. The Morgan fingerprint density at radius 2 is 2.10 bits per heavy atom. The number of aliphatic imine (C=N–C) groups is 1. The van der Waals surface area contributed by atoms with Crippen LogP contribution < -0.4 is 5.73 Å². The van der Waals surface area contributed by atoms with Crippen molar-refractivity contribution in [1.82, 2.24) is 9.88 Å². The minimum Gasteiger partial charge on any atom is -0.399 e. The fourth-order valence-electron chi connectivity index (χ4n) is 4.95. The summed E-state index contributed by atoms with van der Waals surface area (Å²) in [6, 6.07) is 11.4. The van der Waals surface area contributed by atoms with Gasteiger partial charge in [0.05, 0.1) is 5.69 Å². The zero-order chi connectivity index (χ0) is 20.0. The first-order valence-electron chi connectivity index (χ1n) is 10.5. The summed E-state index contributed by atoms with van der Waals surface area (Å²) in [4.78, 5) is 17.4. The van der Waals surface area contributed by atoms with Crippen molar-refractivity contribution in [3.05, 3.63) is 41.4 Å². The standard InChI is InChI=1S/C23H28N4S2/c1-3-19-16(6-5-11-27(19)4-2)20-13-17-21(9-10-25-23(17)28-20)29-14-26-18-12-15(24)7-8-22(18)29/h7-10,12-14,16,19,29H,3-6,11,24H2,1-2H3. The monoisotopic (exact) mass is 424 g/mol. The number of rotatable bonds is 4. The van der Waals surface area contributed by atoms with Crippen molar-refractivity contribution >= 4 is 49.4 Å². The molecule has 0 bridgehead atoms. The van der Waals surface area contributed by atoms with Crippen molar-refractivity contribution in [3.63, 3.8) is 0 Å². The second-order valence-electron chi connectivity index (χ2n) is 7.91. The minimum atomic E-state index is -0.590. The third-order valence-corrected chi connectivity index (χ3v) is 9.67. The number of nitrogen functional groups attached to an aromatic ring is 1. The molecule has 2 aliphatic rings. The van der Waals surface area contributed by atoms with Crippen LogP contribution in [0.1, 0.15) is 43.9 Å². The number of thiophene rings is 1. The molecular formula is C23H28N4S2. The van der Waals surface area contributed by atoms with E-state index in [1.807, 2.05) is 29.7 Å². The first-order valence-corrected chi connectivity index (χ1v) is 12.8. The summed E-state index contributed by atoms with van der Waals surface area (Å²) in [6.07, 6.45) is 5.76. The van der Waals surface area contributed by atoms with Gasteiger partial charge in [-0.1, -0.05) is 13.8 Å². The molecule has 2 N–H and O–H groups in total. The fourth-order valence-corrected chi connectivity index (χ4v) is 8.26. The third kappa shape index (κ3) is 3.27. The number of likely N-dealkylation sites (tertiary alicyclic amines) is 1. The molecule has 3 aromatic rings. The lowest BCUT2D eigenvalue weighted by Gasteiger charge is -2.40. The average Bonchev–Trinajstić information content (AvgIpc) is 3.36. The van der Waals surface area contributed by atoms with Crippen molar-refractivity contribution in [2.45, 2.75) is 54.9 Å². The van der Waals surface area contributed by atoms with E-state index in [0.717, 1.165) is 17.9 Å². The molecule has 29 heavy (non-hydrogen) atoms. The Labute approximate surface area is 179 Å². The van der Waals surface area contributed by atoms with E-state index in [2.05, 4.69) is 47.5 Å². The Bertz CT molecular complexity index is 1070. The molecule has 4 heterocycles. The molecule has 0 spiro atoms. The minimum absolute atomic E-state index is 0.590. The van der Waals surface area contributed by atoms with E-state index in [0.29, 0.717) is 12.0 Å². The molecule has 1 aromatic carbocycles. The molecule has 1 fully saturated rings. The number of nitrogens with zero attached hydrogens (tertiary/aromatic N) is 3. The second-order valence-corrected chi connectivity index (χ2v) is 10.9. The molecule has 2 aliphatic heterocycles. The van der Waals surface area contributed by atoms with E-state index in [-0.39, 0.29) is 0 Å². The number of pyridine rings is 1. The topological polar surface area (TPSA) is 54.5 Å². The molecule has 3 unspecified atom stereocenters. The van der Waals surface area contributed by atoms with Crippen LogP contribution in [-0.4, -0.2) is 34.6 Å². The summed E-state index contributed by atoms with van der Waals surface area (Å²) in [5, 5.41) is 1.32. The first kappa shape index (κ1) is 19.1. The summed E-state index contributed by atoms with van der Waals surface area (Å²) in [5.74, 6) is 0.623. The Morgan fingerprint density at radius 3 is 2.93 bits per heavy atom. The molecule has 152 valence electrons. The molecule has 0 amide bonds. The molecule has 4 nitrogen and oxygen atoms in total. The number of anilines is 1. The molecule has 6 heteroatoms. The Balaban J connectivity index is 1.56. The number of piperidine rings is 1. The molecule has 1 saturated heterocycles. The Hall–Kier alpha value is -1.89. The van der Waals surface area contributed by atoms with Gasteiger partial charge in [-0.05, 0) is 62.7 Å². The molecular weight excluding hydrogens is 396 g/mol. The fraction of sp³-hybridized carbons (Fsp3) is 0.391. The third-order valence-electron chi connectivity index (χ3n) is 6.35. The number of thiol groups is 1. The van der Waals surface area contributed by atoms with Gasteiger partial charge in [-0.15, -0.1) is 11.3 Å². The lowest BCUT2D eigenvalue weighted by atomic mass is 9.86. The van der Waals surface area contributed by atoms with E-state index >= 15 is 0 Å². The first-order chi connectivity index (χ1) is 14.2. The van der Waals surface area contributed by atoms with Gasteiger partial charge in [0.15, 0.2) is 0 Å². The van der Waals surface area contributed by atoms with Gasteiger partial charge in [0.1, 0.15) is 4.83 Å². The van der Waals surface area contributed by atoms with Crippen molar-refractivity contribution in [2.75, 3.05) is 18.8 Å². The second kappa shape index (κ2) is 7.74. The van der Waals surface area contributed by atoms with Crippen LogP contribution in [-0.2, 0) is 0 Å². The van der Waals surface area contributed by atoms with Gasteiger partial charge in [-0.3, -0.25) is 0 Å². The van der Waals surface area contributed by atoms with Gasteiger partial charge in [-0.25, -0.2) is 9.98 Å². The van der Waals surface area contributed by atoms with Gasteiger partial charge in [0, 0.05) is 49.4 Å². The van der Waals surface area contributed by atoms with Crippen LogP contribution in [0.25, 0.3) is 10.2 Å². The number of hydrogen-bond acceptors (Lipinski definition) is 5. The quantitative estimate of drug-likeness (QED) is 0.402. The number of hydrogen-bond donors (Lipinski definition) is 2. The highest BCUT2D eigenvalue weighted by molar-refractivity contribution is 8.29.